The minimum Gasteiger partial charge on any atom is -0.395 e. The van der Waals surface area contributed by atoms with Gasteiger partial charge in [-0.25, -0.2) is 0 Å². The average Bonchev–Trinajstić information content (AvgIpc) is 2.00. The van der Waals surface area contributed by atoms with Crippen molar-refractivity contribution in [2.24, 2.45) is 0 Å². The van der Waals surface area contributed by atoms with Gasteiger partial charge in [0.05, 0.1) is 12.2 Å². The monoisotopic (exact) mass is 187 g/mol. The molecule has 0 saturated heterocycles. The SMILES string of the molecule is C=CCN(CCO)CCC(C)(C)O. The first-order valence-electron chi connectivity index (χ1n) is 4.66. The fourth-order valence-corrected chi connectivity index (χ4v) is 1.05. The number of aliphatic hydroxyl groups is 2. The number of rotatable bonds is 7. The van der Waals surface area contributed by atoms with E-state index in [1.807, 2.05) is 0 Å². The summed E-state index contributed by atoms with van der Waals surface area (Å²) in [5.74, 6) is 0. The van der Waals surface area contributed by atoms with Gasteiger partial charge in [0.25, 0.3) is 0 Å². The molecule has 3 nitrogen and oxygen atoms in total. The topological polar surface area (TPSA) is 43.7 Å². The maximum atomic E-state index is 9.49. The van der Waals surface area contributed by atoms with Crippen LogP contribution in [0.1, 0.15) is 20.3 Å². The van der Waals surface area contributed by atoms with E-state index in [1.54, 1.807) is 19.9 Å². The van der Waals surface area contributed by atoms with Crippen molar-refractivity contribution in [1.29, 1.82) is 0 Å². The van der Waals surface area contributed by atoms with Crippen molar-refractivity contribution in [2.45, 2.75) is 25.9 Å². The molecule has 0 fully saturated rings. The summed E-state index contributed by atoms with van der Waals surface area (Å²) < 4.78 is 0. The zero-order valence-electron chi connectivity index (χ0n) is 8.66. The van der Waals surface area contributed by atoms with Crippen LogP contribution in [0.4, 0.5) is 0 Å². The molecule has 0 heterocycles. The molecule has 0 aromatic carbocycles. The van der Waals surface area contributed by atoms with Gasteiger partial charge >= 0.3 is 0 Å². The first kappa shape index (κ1) is 12.6. The summed E-state index contributed by atoms with van der Waals surface area (Å²) in [7, 11) is 0. The van der Waals surface area contributed by atoms with E-state index in [9.17, 15) is 5.11 Å². The number of nitrogens with zero attached hydrogens (tertiary/aromatic N) is 1. The maximum Gasteiger partial charge on any atom is 0.0603 e. The molecule has 0 radical (unpaired) electrons. The second-order valence-corrected chi connectivity index (χ2v) is 3.88. The smallest absolute Gasteiger partial charge is 0.0603 e. The van der Waals surface area contributed by atoms with Crippen LogP contribution in [0.25, 0.3) is 0 Å². The fourth-order valence-electron chi connectivity index (χ4n) is 1.05. The van der Waals surface area contributed by atoms with Crippen LogP contribution in [0.2, 0.25) is 0 Å². The second kappa shape index (κ2) is 6.13. The van der Waals surface area contributed by atoms with Crippen LogP contribution >= 0.6 is 0 Å². The van der Waals surface area contributed by atoms with Crippen molar-refractivity contribution < 1.29 is 10.2 Å². The van der Waals surface area contributed by atoms with Crippen LogP contribution in [0.5, 0.6) is 0 Å². The molecule has 0 aromatic rings. The van der Waals surface area contributed by atoms with Crippen LogP contribution in [-0.2, 0) is 0 Å². The normalized spacial score (nSPS) is 12.1. The molecule has 0 aliphatic heterocycles. The Morgan fingerprint density at radius 2 is 2.00 bits per heavy atom. The quantitative estimate of drug-likeness (QED) is 0.574. The molecule has 0 saturated carbocycles. The lowest BCUT2D eigenvalue weighted by molar-refractivity contribution is 0.0567. The molecule has 3 heteroatoms. The minimum atomic E-state index is -0.630. The Bertz CT molecular complexity index is 140. The summed E-state index contributed by atoms with van der Waals surface area (Å²) in [6.45, 7) is 9.56. The molecule has 0 rings (SSSR count). The highest BCUT2D eigenvalue weighted by Gasteiger charge is 2.13. The molecule has 2 N–H and O–H groups in total. The molecule has 0 aliphatic carbocycles. The molecule has 0 aliphatic rings. The molecule has 13 heavy (non-hydrogen) atoms. The number of aliphatic hydroxyl groups excluding tert-OH is 1. The third-order valence-corrected chi connectivity index (χ3v) is 1.84. The lowest BCUT2D eigenvalue weighted by Gasteiger charge is -2.24. The predicted octanol–water partition coefficient (Wildman–Crippen LogP) is 0.628. The molecule has 0 amide bonds. The summed E-state index contributed by atoms with van der Waals surface area (Å²) in [6, 6.07) is 0. The molecule has 78 valence electrons. The van der Waals surface area contributed by atoms with Gasteiger partial charge in [-0.3, -0.25) is 4.90 Å². The Morgan fingerprint density at radius 3 is 2.38 bits per heavy atom. The average molecular weight is 187 g/mol. The third kappa shape index (κ3) is 7.96. The van der Waals surface area contributed by atoms with Crippen molar-refractivity contribution in [3.05, 3.63) is 12.7 Å². The second-order valence-electron chi connectivity index (χ2n) is 3.88. The summed E-state index contributed by atoms with van der Waals surface area (Å²) >= 11 is 0. The highest BCUT2D eigenvalue weighted by molar-refractivity contribution is 4.75. The van der Waals surface area contributed by atoms with Gasteiger partial charge in [0.1, 0.15) is 0 Å². The fraction of sp³-hybridized carbons (Fsp3) is 0.800. The predicted molar refractivity (Wildman–Crippen MR) is 54.6 cm³/mol. The van der Waals surface area contributed by atoms with Gasteiger partial charge in [-0.05, 0) is 20.3 Å². The number of hydrogen-bond acceptors (Lipinski definition) is 3. The van der Waals surface area contributed by atoms with Crippen molar-refractivity contribution >= 4 is 0 Å². The van der Waals surface area contributed by atoms with Gasteiger partial charge in [-0.1, -0.05) is 6.08 Å². The van der Waals surface area contributed by atoms with Crippen molar-refractivity contribution in [1.82, 2.24) is 4.90 Å². The van der Waals surface area contributed by atoms with Crippen LogP contribution in [0.15, 0.2) is 12.7 Å². The van der Waals surface area contributed by atoms with Crippen LogP contribution in [0.3, 0.4) is 0 Å². The van der Waals surface area contributed by atoms with Crippen molar-refractivity contribution in [2.75, 3.05) is 26.2 Å². The van der Waals surface area contributed by atoms with Gasteiger partial charge in [-0.15, -0.1) is 6.58 Å². The first-order chi connectivity index (χ1) is 5.99. The largest absolute Gasteiger partial charge is 0.395 e. The van der Waals surface area contributed by atoms with Gasteiger partial charge in [-0.2, -0.15) is 0 Å². The summed E-state index contributed by atoms with van der Waals surface area (Å²) in [5, 5.41) is 18.2. The summed E-state index contributed by atoms with van der Waals surface area (Å²) in [6.07, 6.45) is 2.51. The molecule has 0 unspecified atom stereocenters. The third-order valence-electron chi connectivity index (χ3n) is 1.84. The highest BCUT2D eigenvalue weighted by Crippen LogP contribution is 2.07. The van der Waals surface area contributed by atoms with Crippen molar-refractivity contribution in [3.8, 4) is 0 Å². The van der Waals surface area contributed by atoms with E-state index in [0.29, 0.717) is 13.0 Å². The van der Waals surface area contributed by atoms with E-state index in [4.69, 9.17) is 5.11 Å². The Morgan fingerprint density at radius 1 is 1.38 bits per heavy atom. The molecular formula is C10H21NO2. The number of hydrogen-bond donors (Lipinski definition) is 2. The van der Waals surface area contributed by atoms with E-state index in [0.717, 1.165) is 13.1 Å². The van der Waals surface area contributed by atoms with Gasteiger partial charge < -0.3 is 10.2 Å². The molecular weight excluding hydrogens is 166 g/mol. The van der Waals surface area contributed by atoms with E-state index in [-0.39, 0.29) is 6.61 Å². The molecule has 0 aromatic heterocycles. The molecule has 0 atom stereocenters. The zero-order valence-corrected chi connectivity index (χ0v) is 8.66. The Balaban J connectivity index is 3.74. The van der Waals surface area contributed by atoms with Crippen LogP contribution < -0.4 is 0 Å². The van der Waals surface area contributed by atoms with Crippen molar-refractivity contribution in [3.63, 3.8) is 0 Å². The lowest BCUT2D eigenvalue weighted by atomic mass is 10.1. The van der Waals surface area contributed by atoms with E-state index in [2.05, 4.69) is 11.5 Å². The lowest BCUT2D eigenvalue weighted by Crippen LogP contribution is -2.33. The Hall–Kier alpha value is -0.380. The summed E-state index contributed by atoms with van der Waals surface area (Å²) in [5.41, 5.74) is -0.630. The summed E-state index contributed by atoms with van der Waals surface area (Å²) in [4.78, 5) is 2.06. The molecule has 0 spiro atoms. The highest BCUT2D eigenvalue weighted by atomic mass is 16.3. The molecule has 0 bridgehead atoms. The zero-order chi connectivity index (χ0) is 10.3. The Labute approximate surface area is 80.7 Å². The standard InChI is InChI=1S/C10H21NO2/c1-4-6-11(8-9-12)7-5-10(2,3)13/h4,12-13H,1,5-9H2,2-3H3. The van der Waals surface area contributed by atoms with Gasteiger partial charge in [0, 0.05) is 19.6 Å². The van der Waals surface area contributed by atoms with Crippen LogP contribution in [0, 0.1) is 0 Å². The van der Waals surface area contributed by atoms with Crippen LogP contribution in [-0.4, -0.2) is 47.0 Å². The van der Waals surface area contributed by atoms with E-state index >= 15 is 0 Å². The van der Waals surface area contributed by atoms with E-state index in [1.165, 1.54) is 0 Å². The van der Waals surface area contributed by atoms with E-state index < -0.39 is 5.60 Å². The van der Waals surface area contributed by atoms with Gasteiger partial charge in [0.15, 0.2) is 0 Å². The first-order valence-corrected chi connectivity index (χ1v) is 4.66. The van der Waals surface area contributed by atoms with Gasteiger partial charge in [0.2, 0.25) is 0 Å². The Kier molecular flexibility index (Phi) is 5.95. The maximum absolute atomic E-state index is 9.49. The minimum absolute atomic E-state index is 0.152.